The predicted octanol–water partition coefficient (Wildman–Crippen LogP) is 2.16. The number of fused-ring (bicyclic) bond motifs is 3. The Kier molecular flexibility index (Phi) is 4.45. The van der Waals surface area contributed by atoms with Crippen LogP contribution in [-0.4, -0.2) is 34.6 Å². The fraction of sp³-hybridized carbons (Fsp3) is 0.150. The zero-order valence-corrected chi connectivity index (χ0v) is 16.2. The summed E-state index contributed by atoms with van der Waals surface area (Å²) in [4.78, 5) is 4.70. The molecule has 1 aromatic heterocycles. The summed E-state index contributed by atoms with van der Waals surface area (Å²) in [5, 5.41) is 27.0. The second kappa shape index (κ2) is 6.97. The van der Waals surface area contributed by atoms with Crippen molar-refractivity contribution >= 4 is 15.5 Å². The zero-order valence-electron chi connectivity index (χ0n) is 15.4. The molecular formula is C20H14N6O2S. The van der Waals surface area contributed by atoms with Crippen LogP contribution in [0.15, 0.2) is 52.4 Å². The molecule has 0 N–H and O–H groups in total. The molecule has 0 unspecified atom stereocenters. The highest BCUT2D eigenvalue weighted by molar-refractivity contribution is 7.91. The van der Waals surface area contributed by atoms with Gasteiger partial charge in [0.25, 0.3) is 0 Å². The lowest BCUT2D eigenvalue weighted by atomic mass is 9.96. The summed E-state index contributed by atoms with van der Waals surface area (Å²) in [6.45, 7) is 1.65. The van der Waals surface area contributed by atoms with Crippen LogP contribution in [0.2, 0.25) is 0 Å². The fourth-order valence-corrected chi connectivity index (χ4v) is 4.45. The molecule has 1 aliphatic rings. The Morgan fingerprint density at radius 1 is 1.07 bits per heavy atom. The van der Waals surface area contributed by atoms with Crippen LogP contribution in [0.4, 0.5) is 0 Å². The van der Waals surface area contributed by atoms with Crippen molar-refractivity contribution in [2.24, 2.45) is 4.99 Å². The van der Waals surface area contributed by atoms with Gasteiger partial charge in [-0.25, -0.2) is 8.42 Å². The van der Waals surface area contributed by atoms with E-state index in [2.05, 4.69) is 21.3 Å². The molecule has 0 spiro atoms. The maximum Gasteiger partial charge on any atom is 0.239 e. The Bertz CT molecular complexity index is 1360. The molecular weight excluding hydrogens is 388 g/mol. The van der Waals surface area contributed by atoms with Gasteiger partial charge in [-0.2, -0.15) is 10.5 Å². The van der Waals surface area contributed by atoms with Crippen molar-refractivity contribution in [2.75, 3.05) is 5.75 Å². The first kappa shape index (κ1) is 18.5. The van der Waals surface area contributed by atoms with E-state index >= 15 is 0 Å². The Balaban J connectivity index is 2.15. The molecule has 1 aliphatic heterocycles. The highest BCUT2D eigenvalue weighted by Gasteiger charge is 2.29. The summed E-state index contributed by atoms with van der Waals surface area (Å²) in [7, 11) is -3.62. The molecule has 4 rings (SSSR count). The van der Waals surface area contributed by atoms with E-state index in [1.807, 2.05) is 6.07 Å². The lowest BCUT2D eigenvalue weighted by Gasteiger charge is -2.17. The van der Waals surface area contributed by atoms with Crippen LogP contribution in [0.5, 0.6) is 0 Å². The van der Waals surface area contributed by atoms with Gasteiger partial charge >= 0.3 is 0 Å². The van der Waals surface area contributed by atoms with Crippen molar-refractivity contribution in [1.29, 1.82) is 10.5 Å². The zero-order chi connectivity index (χ0) is 20.6. The summed E-state index contributed by atoms with van der Waals surface area (Å²) in [6.07, 6.45) is 0. The van der Waals surface area contributed by atoms with Gasteiger partial charge in [-0.3, -0.25) is 9.56 Å². The summed E-state index contributed by atoms with van der Waals surface area (Å²) in [5.41, 5.74) is 2.05. The molecule has 0 amide bonds. The third-order valence-electron chi connectivity index (χ3n) is 4.71. The Hall–Kier alpha value is -3.82. The Morgan fingerprint density at radius 3 is 2.59 bits per heavy atom. The number of aliphatic imine (C=N–C) groups is 1. The number of nitrogens with zero attached hydrogens (tertiary/aromatic N) is 6. The minimum absolute atomic E-state index is 0.0392. The molecule has 2 aromatic carbocycles. The second-order valence-electron chi connectivity index (χ2n) is 6.26. The highest BCUT2D eigenvalue weighted by Crippen LogP contribution is 2.32. The fourth-order valence-electron chi connectivity index (χ4n) is 3.34. The van der Waals surface area contributed by atoms with Crippen LogP contribution >= 0.6 is 0 Å². The number of sulfone groups is 1. The van der Waals surface area contributed by atoms with Crippen LogP contribution in [0.3, 0.4) is 0 Å². The van der Waals surface area contributed by atoms with Gasteiger partial charge in [0.05, 0.1) is 33.7 Å². The maximum absolute atomic E-state index is 12.9. The minimum Gasteiger partial charge on any atom is -0.276 e. The van der Waals surface area contributed by atoms with E-state index in [0.29, 0.717) is 33.9 Å². The first-order valence-corrected chi connectivity index (χ1v) is 10.4. The standard InChI is InChI=1S/C20H14N6O2S/c1-2-29(27,28)16-9-5-8-15-19(16)20(14-7-4-3-6-13(14)10-21)23-12-18-25-24-17(11-22)26(15)18/h3-9H,2,12H2,1H3. The van der Waals surface area contributed by atoms with Crippen LogP contribution in [0.1, 0.15) is 35.3 Å². The summed E-state index contributed by atoms with van der Waals surface area (Å²) in [5.74, 6) is 0.354. The average Bonchev–Trinajstić information content (AvgIpc) is 3.09. The van der Waals surface area contributed by atoms with Gasteiger partial charge in [-0.05, 0) is 18.2 Å². The summed E-state index contributed by atoms with van der Waals surface area (Å²) < 4.78 is 27.3. The minimum atomic E-state index is -3.62. The van der Waals surface area contributed by atoms with Gasteiger partial charge in [0.15, 0.2) is 15.7 Å². The molecule has 3 aromatic rings. The number of nitriles is 2. The van der Waals surface area contributed by atoms with Crippen molar-refractivity contribution in [3.63, 3.8) is 0 Å². The molecule has 0 bridgehead atoms. The molecule has 0 saturated carbocycles. The Morgan fingerprint density at radius 2 is 1.86 bits per heavy atom. The highest BCUT2D eigenvalue weighted by atomic mass is 32.2. The van der Waals surface area contributed by atoms with Crippen molar-refractivity contribution in [3.8, 4) is 17.8 Å². The molecule has 0 atom stereocenters. The van der Waals surface area contributed by atoms with Gasteiger partial charge < -0.3 is 0 Å². The number of hydrogen-bond donors (Lipinski definition) is 0. The number of benzene rings is 2. The van der Waals surface area contributed by atoms with Crippen LogP contribution in [0, 0.1) is 22.7 Å². The monoisotopic (exact) mass is 402 g/mol. The average molecular weight is 402 g/mol. The number of hydrogen-bond acceptors (Lipinski definition) is 7. The van der Waals surface area contributed by atoms with Gasteiger partial charge in [-0.15, -0.1) is 10.2 Å². The van der Waals surface area contributed by atoms with E-state index in [9.17, 15) is 18.9 Å². The van der Waals surface area contributed by atoms with E-state index in [1.54, 1.807) is 43.3 Å². The molecule has 0 radical (unpaired) electrons. The SMILES string of the molecule is CCS(=O)(=O)c1cccc2c1C(c1ccccc1C#N)=NCc1nnc(C#N)n1-2. The van der Waals surface area contributed by atoms with Gasteiger partial charge in [-0.1, -0.05) is 31.2 Å². The van der Waals surface area contributed by atoms with E-state index < -0.39 is 9.84 Å². The number of rotatable bonds is 3. The van der Waals surface area contributed by atoms with Crippen molar-refractivity contribution < 1.29 is 8.42 Å². The van der Waals surface area contributed by atoms with Crippen molar-refractivity contribution in [1.82, 2.24) is 14.8 Å². The Labute approximate surface area is 167 Å². The largest absolute Gasteiger partial charge is 0.276 e. The quantitative estimate of drug-likeness (QED) is 0.661. The summed E-state index contributed by atoms with van der Waals surface area (Å²) >= 11 is 0. The van der Waals surface area contributed by atoms with Gasteiger partial charge in [0, 0.05) is 11.1 Å². The van der Waals surface area contributed by atoms with E-state index in [4.69, 9.17) is 0 Å². The maximum atomic E-state index is 12.9. The first-order valence-electron chi connectivity index (χ1n) is 8.76. The molecule has 142 valence electrons. The molecule has 2 heterocycles. The second-order valence-corrected chi connectivity index (χ2v) is 8.51. The molecule has 8 nitrogen and oxygen atoms in total. The summed E-state index contributed by atoms with van der Waals surface area (Å²) in [6, 6.07) is 15.8. The smallest absolute Gasteiger partial charge is 0.239 e. The normalized spacial score (nSPS) is 12.7. The van der Waals surface area contributed by atoms with Crippen LogP contribution in [-0.2, 0) is 16.4 Å². The molecule has 0 aliphatic carbocycles. The van der Waals surface area contributed by atoms with E-state index in [-0.39, 0.29) is 23.0 Å². The van der Waals surface area contributed by atoms with Crippen molar-refractivity contribution in [2.45, 2.75) is 18.4 Å². The molecule has 0 fully saturated rings. The van der Waals surface area contributed by atoms with Gasteiger partial charge in [0.2, 0.25) is 5.82 Å². The molecule has 9 heteroatoms. The van der Waals surface area contributed by atoms with E-state index in [1.165, 1.54) is 10.6 Å². The van der Waals surface area contributed by atoms with Crippen molar-refractivity contribution in [3.05, 3.63) is 70.8 Å². The molecule has 0 saturated heterocycles. The first-order chi connectivity index (χ1) is 14.0. The topological polar surface area (TPSA) is 125 Å². The van der Waals surface area contributed by atoms with Gasteiger partial charge in [0.1, 0.15) is 12.6 Å². The van der Waals surface area contributed by atoms with Crippen LogP contribution in [0.25, 0.3) is 5.69 Å². The third-order valence-corrected chi connectivity index (χ3v) is 6.48. The lowest BCUT2D eigenvalue weighted by Crippen LogP contribution is -2.16. The van der Waals surface area contributed by atoms with E-state index in [0.717, 1.165) is 0 Å². The lowest BCUT2D eigenvalue weighted by molar-refractivity contribution is 0.597. The molecule has 29 heavy (non-hydrogen) atoms. The van der Waals surface area contributed by atoms with Crippen LogP contribution < -0.4 is 0 Å². The number of aromatic nitrogens is 3. The predicted molar refractivity (Wildman–Crippen MR) is 104 cm³/mol. The third kappa shape index (κ3) is 2.89.